The van der Waals surface area contributed by atoms with Crippen LogP contribution in [0.1, 0.15) is 40.3 Å². The highest BCUT2D eigenvalue weighted by atomic mass is 35.5. The van der Waals surface area contributed by atoms with Gasteiger partial charge in [0.2, 0.25) is 11.7 Å². The van der Waals surface area contributed by atoms with Crippen LogP contribution in [0, 0.1) is 6.92 Å². The van der Waals surface area contributed by atoms with Crippen LogP contribution in [0.2, 0.25) is 5.15 Å². The summed E-state index contributed by atoms with van der Waals surface area (Å²) in [6, 6.07) is 6.32. The highest BCUT2D eigenvalue weighted by Gasteiger charge is 2.25. The number of hydrogen-bond acceptors (Lipinski definition) is 5. The van der Waals surface area contributed by atoms with Gasteiger partial charge in [-0.15, -0.1) is 0 Å². The predicted octanol–water partition coefficient (Wildman–Crippen LogP) is 2.77. The first-order valence-electron chi connectivity index (χ1n) is 7.52. The summed E-state index contributed by atoms with van der Waals surface area (Å²) in [7, 11) is 1.61. The summed E-state index contributed by atoms with van der Waals surface area (Å²) in [5, 5.41) is 6.80. The van der Waals surface area contributed by atoms with Crippen LogP contribution in [0.3, 0.4) is 0 Å². The second-order valence-corrected chi connectivity index (χ2v) is 5.90. The van der Waals surface area contributed by atoms with E-state index in [0.29, 0.717) is 16.9 Å². The lowest BCUT2D eigenvalue weighted by molar-refractivity contribution is -0.114. The maximum atomic E-state index is 12.4. The maximum Gasteiger partial charge on any atom is 0.343 e. The maximum absolute atomic E-state index is 12.4. The number of anilines is 1. The average Bonchev–Trinajstić information content (AvgIpc) is 2.79. The Bertz CT molecular complexity index is 827. The van der Waals surface area contributed by atoms with E-state index in [1.54, 1.807) is 38.2 Å². The summed E-state index contributed by atoms with van der Waals surface area (Å²) in [6.45, 7) is 4.52. The lowest BCUT2D eigenvalue weighted by atomic mass is 10.1. The number of nitrogens with zero attached hydrogens (tertiary/aromatic N) is 2. The molecule has 2 aromatic rings. The molecule has 1 atom stereocenters. The monoisotopic (exact) mass is 363 g/mol. The van der Waals surface area contributed by atoms with Crippen LogP contribution in [0.5, 0.6) is 0 Å². The molecule has 7 nitrogen and oxygen atoms in total. The minimum atomic E-state index is -0.991. The van der Waals surface area contributed by atoms with E-state index in [4.69, 9.17) is 16.3 Å². The number of aromatic nitrogens is 2. The van der Waals surface area contributed by atoms with E-state index < -0.39 is 12.1 Å². The zero-order chi connectivity index (χ0) is 18.7. The fourth-order valence-corrected chi connectivity index (χ4v) is 2.54. The van der Waals surface area contributed by atoms with Crippen LogP contribution in [0.25, 0.3) is 0 Å². The number of carbonyl (C=O) groups excluding carboxylic acids is 3. The molecule has 0 aliphatic heterocycles. The molecule has 1 amide bonds. The van der Waals surface area contributed by atoms with Gasteiger partial charge in [0.05, 0.1) is 5.69 Å². The van der Waals surface area contributed by atoms with Crippen molar-refractivity contribution in [3.8, 4) is 0 Å². The summed E-state index contributed by atoms with van der Waals surface area (Å²) in [6.07, 6.45) is -0.991. The largest absolute Gasteiger partial charge is 0.451 e. The number of rotatable bonds is 5. The first kappa shape index (κ1) is 18.7. The zero-order valence-electron chi connectivity index (χ0n) is 14.3. The van der Waals surface area contributed by atoms with Crippen LogP contribution >= 0.6 is 11.6 Å². The van der Waals surface area contributed by atoms with Crippen molar-refractivity contribution in [3.05, 3.63) is 46.2 Å². The quantitative estimate of drug-likeness (QED) is 0.651. The molecule has 2 rings (SSSR count). The number of esters is 1. The third-order valence-corrected chi connectivity index (χ3v) is 3.93. The second-order valence-electron chi connectivity index (χ2n) is 5.55. The fraction of sp³-hybridized carbons (Fsp3) is 0.294. The molecule has 1 heterocycles. The summed E-state index contributed by atoms with van der Waals surface area (Å²) < 4.78 is 6.59. The van der Waals surface area contributed by atoms with Crippen molar-refractivity contribution in [1.82, 2.24) is 9.78 Å². The van der Waals surface area contributed by atoms with E-state index in [9.17, 15) is 14.4 Å². The normalized spacial score (nSPS) is 11.7. The highest BCUT2D eigenvalue weighted by molar-refractivity contribution is 6.32. The minimum absolute atomic E-state index is 0.143. The number of halogens is 1. The van der Waals surface area contributed by atoms with Crippen molar-refractivity contribution in [1.29, 1.82) is 0 Å². The molecule has 0 saturated heterocycles. The van der Waals surface area contributed by atoms with Gasteiger partial charge in [-0.1, -0.05) is 11.6 Å². The van der Waals surface area contributed by atoms with Crippen LogP contribution < -0.4 is 5.32 Å². The lowest BCUT2D eigenvalue weighted by Gasteiger charge is -2.12. The second kappa shape index (κ2) is 7.48. The predicted molar refractivity (Wildman–Crippen MR) is 92.9 cm³/mol. The number of ketones is 1. The Morgan fingerprint density at radius 3 is 2.32 bits per heavy atom. The number of carbonyl (C=O) groups is 3. The number of aryl methyl sites for hydroxylation is 2. The Morgan fingerprint density at radius 2 is 1.84 bits per heavy atom. The van der Waals surface area contributed by atoms with Crippen LogP contribution in [-0.4, -0.2) is 33.5 Å². The van der Waals surface area contributed by atoms with Gasteiger partial charge < -0.3 is 10.1 Å². The molecule has 132 valence electrons. The molecule has 0 aliphatic rings. The van der Waals surface area contributed by atoms with Gasteiger partial charge in [0.1, 0.15) is 10.7 Å². The minimum Gasteiger partial charge on any atom is -0.451 e. The SMILES string of the molecule is CC(=O)Nc1ccc(C(=O)C(C)OC(=O)c2c(C)nn(C)c2Cl)cc1. The smallest absolute Gasteiger partial charge is 0.343 e. The Labute approximate surface area is 149 Å². The van der Waals surface area contributed by atoms with Crippen LogP contribution in [0.15, 0.2) is 24.3 Å². The fourth-order valence-electron chi connectivity index (χ4n) is 2.29. The first-order chi connectivity index (χ1) is 11.7. The molecule has 1 N–H and O–H groups in total. The van der Waals surface area contributed by atoms with Crippen LogP contribution in [-0.2, 0) is 16.6 Å². The molecule has 0 saturated carbocycles. The van der Waals surface area contributed by atoms with Gasteiger partial charge >= 0.3 is 5.97 Å². The van der Waals surface area contributed by atoms with Gasteiger partial charge in [0, 0.05) is 25.2 Å². The van der Waals surface area contributed by atoms with Gasteiger partial charge in [0.25, 0.3) is 0 Å². The third kappa shape index (κ3) is 4.24. The average molecular weight is 364 g/mol. The van der Waals surface area contributed by atoms with E-state index in [2.05, 4.69) is 10.4 Å². The van der Waals surface area contributed by atoms with Gasteiger partial charge in [-0.2, -0.15) is 5.10 Å². The first-order valence-corrected chi connectivity index (χ1v) is 7.90. The summed E-state index contributed by atoms with van der Waals surface area (Å²) in [4.78, 5) is 35.7. The standard InChI is InChI=1S/C17H18ClN3O4/c1-9-14(16(18)21(4)20-9)17(24)25-10(2)15(23)12-5-7-13(8-6-12)19-11(3)22/h5-8,10H,1-4H3,(H,19,22). The molecular formula is C17H18ClN3O4. The molecular weight excluding hydrogens is 346 g/mol. The van der Waals surface area contributed by atoms with Gasteiger partial charge in [-0.3, -0.25) is 14.3 Å². The highest BCUT2D eigenvalue weighted by Crippen LogP contribution is 2.21. The van der Waals surface area contributed by atoms with Crippen molar-refractivity contribution in [2.24, 2.45) is 7.05 Å². The number of Topliss-reactive ketones (excluding diaryl/α,β-unsaturated/α-hetero) is 1. The Hall–Kier alpha value is -2.67. The van der Waals surface area contributed by atoms with Gasteiger partial charge in [-0.05, 0) is 38.1 Å². The number of benzene rings is 1. The van der Waals surface area contributed by atoms with Crippen molar-refractivity contribution in [3.63, 3.8) is 0 Å². The molecule has 0 fully saturated rings. The molecule has 1 aromatic heterocycles. The molecule has 0 radical (unpaired) electrons. The van der Waals surface area contributed by atoms with E-state index in [-0.39, 0.29) is 22.4 Å². The summed E-state index contributed by atoms with van der Waals surface area (Å²) >= 11 is 6.03. The van der Waals surface area contributed by atoms with E-state index >= 15 is 0 Å². The topological polar surface area (TPSA) is 90.3 Å². The van der Waals surface area contributed by atoms with Crippen molar-refractivity contribution >= 4 is 34.9 Å². The van der Waals surface area contributed by atoms with Gasteiger partial charge in [-0.25, -0.2) is 4.79 Å². The van der Waals surface area contributed by atoms with E-state index in [1.165, 1.54) is 18.5 Å². The Morgan fingerprint density at radius 1 is 1.24 bits per heavy atom. The molecule has 25 heavy (non-hydrogen) atoms. The lowest BCUT2D eigenvalue weighted by Crippen LogP contribution is -2.24. The summed E-state index contributed by atoms with van der Waals surface area (Å²) in [5.74, 6) is -1.27. The molecule has 0 spiro atoms. The molecule has 1 unspecified atom stereocenters. The van der Waals surface area contributed by atoms with Crippen molar-refractivity contribution < 1.29 is 19.1 Å². The van der Waals surface area contributed by atoms with Gasteiger partial charge in [0.15, 0.2) is 6.10 Å². The summed E-state index contributed by atoms with van der Waals surface area (Å²) in [5.41, 5.74) is 1.51. The number of nitrogens with one attached hydrogen (secondary N) is 1. The van der Waals surface area contributed by atoms with E-state index in [1.807, 2.05) is 0 Å². The molecule has 0 bridgehead atoms. The van der Waals surface area contributed by atoms with Crippen molar-refractivity contribution in [2.75, 3.05) is 5.32 Å². The van der Waals surface area contributed by atoms with Crippen LogP contribution in [0.4, 0.5) is 5.69 Å². The number of ether oxygens (including phenoxy) is 1. The molecule has 1 aromatic carbocycles. The Balaban J connectivity index is 2.09. The Kier molecular flexibility index (Phi) is 5.58. The zero-order valence-corrected chi connectivity index (χ0v) is 15.0. The van der Waals surface area contributed by atoms with Crippen molar-refractivity contribution in [2.45, 2.75) is 26.9 Å². The third-order valence-electron chi connectivity index (χ3n) is 3.50. The number of hydrogen-bond donors (Lipinski definition) is 1. The number of amides is 1. The van der Waals surface area contributed by atoms with E-state index in [0.717, 1.165) is 0 Å². The molecule has 8 heteroatoms. The molecule has 0 aliphatic carbocycles.